The summed E-state index contributed by atoms with van der Waals surface area (Å²) >= 11 is 3.26. The Bertz CT molecular complexity index is 2960. The fourth-order valence-corrected chi connectivity index (χ4v) is 17.4. The number of hydrogen-bond acceptors (Lipinski definition) is 6. The average Bonchev–Trinajstić information content (AvgIpc) is 1.71. The molecule has 2 heterocycles. The second kappa shape index (κ2) is 35.5. The first-order valence-corrected chi connectivity index (χ1v) is 45.8. The van der Waals surface area contributed by atoms with E-state index in [9.17, 15) is 0 Å². The Balaban J connectivity index is 0.000000313. The predicted molar refractivity (Wildman–Crippen MR) is 379 cm³/mol. The molecule has 0 radical (unpaired) electrons. The molecule has 6 aromatic carbocycles. The fraction of sp³-hybridized carbons (Fsp3) is 0.429. The summed E-state index contributed by atoms with van der Waals surface area (Å²) in [6.45, 7) is 43.7. The molecule has 0 aromatic heterocycles. The minimum absolute atomic E-state index is 0. The van der Waals surface area contributed by atoms with Gasteiger partial charge in [0.2, 0.25) is 0 Å². The van der Waals surface area contributed by atoms with Crippen molar-refractivity contribution in [1.29, 1.82) is 0 Å². The van der Waals surface area contributed by atoms with E-state index in [2.05, 4.69) is 277 Å². The molecular formula is C70H98Cl2I4N6O2Ru2-2. The van der Waals surface area contributed by atoms with Gasteiger partial charge in [-0.25, -0.2) is 0 Å². The molecule has 2 aliphatic heterocycles. The number of halogens is 6. The van der Waals surface area contributed by atoms with Gasteiger partial charge in [0.25, 0.3) is 0 Å². The van der Waals surface area contributed by atoms with E-state index in [1.165, 1.54) is 95.1 Å². The van der Waals surface area contributed by atoms with Crippen LogP contribution in [0.15, 0.2) is 97.1 Å². The van der Waals surface area contributed by atoms with E-state index in [4.69, 9.17) is 28.9 Å². The van der Waals surface area contributed by atoms with Crippen LogP contribution in [0, 0.1) is 96.4 Å². The van der Waals surface area contributed by atoms with Gasteiger partial charge < -0.3 is 76.5 Å². The fourth-order valence-electron chi connectivity index (χ4n) is 12.0. The van der Waals surface area contributed by atoms with E-state index >= 15 is 0 Å². The molecule has 2 saturated heterocycles. The van der Waals surface area contributed by atoms with E-state index in [-0.39, 0.29) is 60.2 Å². The third-order valence-electron chi connectivity index (χ3n) is 14.2. The number of aryl methyl sites for hydroxylation is 12. The van der Waals surface area contributed by atoms with Crippen LogP contribution < -0.4 is 77.0 Å². The molecule has 0 spiro atoms. The molecule has 0 bridgehead atoms. The standard InChI is InChI=1S/2C25H37N3.2C10H12O.2ClH.4HI.2Ru/c2*1-17-10-19(3)24(20(4)11-17)26-14-23(15-28(7,8)9)27(16-26)25-21(5)12-18(2)13-22(25)6;2*1-8(2)11-10-7-5-4-6-9(10)3;;;;;;;;/h2*10-13,16,23H,14-15H2,1-9H3;2*3-8H,1-2H3;6*1H;;/q;;;;;;;;;;2*+2/p-6. The molecule has 2 aliphatic rings. The Labute approximate surface area is 595 Å². The van der Waals surface area contributed by atoms with Crippen molar-refractivity contribution in [3.8, 4) is 11.5 Å². The van der Waals surface area contributed by atoms with Gasteiger partial charge in [-0.3, -0.25) is 0 Å². The smallest absolute Gasteiger partial charge is 0.0979 e. The number of likely N-dealkylation sites (N-methyl/N-ethyl adjacent to an activating group) is 2. The summed E-state index contributed by atoms with van der Waals surface area (Å²) in [5, 5.41) is 0. The minimum atomic E-state index is -1.77. The number of anilines is 4. The molecule has 0 amide bonds. The van der Waals surface area contributed by atoms with Crippen molar-refractivity contribution in [2.24, 2.45) is 0 Å². The van der Waals surface area contributed by atoms with Gasteiger partial charge in [-0.1, -0.05) is 70.8 Å². The SMILES string of the molecule is CC(C)Oc1ccccc1[CH]=[Ru]([Cl])[Cl].CC(C)Oc1ccccc1[CH]=[Ru]([I])[I].Cc1cc(C)c(N2[CH-]N(c3c(C)cc(C)cc3C)C(C[N+](C)(C)C)C2)c(C)c1.Cc1cc(C)c(N2[CH-]N(c3c(C)cc(C)cc3C)C(C[N+](C)(C)C)C2)c(C)c1.[I-].[I-]. The summed E-state index contributed by atoms with van der Waals surface area (Å²) in [5.41, 5.74) is 23.9. The van der Waals surface area contributed by atoms with Gasteiger partial charge in [0, 0.05) is 35.8 Å². The molecular weight excluding hydrogens is 1740 g/mol. The van der Waals surface area contributed by atoms with Crippen molar-refractivity contribution in [3.05, 3.63) is 188 Å². The predicted octanol–water partition coefficient (Wildman–Crippen LogP) is 11.6. The minimum Gasteiger partial charge on any atom is -1.00 e. The first-order chi connectivity index (χ1) is 39.1. The van der Waals surface area contributed by atoms with E-state index in [0.29, 0.717) is 12.1 Å². The maximum Gasteiger partial charge on any atom is 0.0979 e. The Kier molecular flexibility index (Phi) is 32.5. The van der Waals surface area contributed by atoms with Crippen LogP contribution in [-0.2, 0) is 22.0 Å². The summed E-state index contributed by atoms with van der Waals surface area (Å²) in [4.78, 5) is 10.0. The number of hydrogen-bond donors (Lipinski definition) is 0. The molecule has 0 aliphatic carbocycles. The summed E-state index contributed by atoms with van der Waals surface area (Å²) in [6.07, 6.45) is 0.407. The normalized spacial score (nSPS) is 15.1. The zero-order chi connectivity index (χ0) is 62.7. The molecule has 16 heteroatoms. The van der Waals surface area contributed by atoms with Crippen LogP contribution in [0.2, 0.25) is 0 Å². The quantitative estimate of drug-likeness (QED) is 0.0468. The van der Waals surface area contributed by atoms with E-state index in [1.54, 1.807) is 0 Å². The summed E-state index contributed by atoms with van der Waals surface area (Å²) in [5.74, 6) is 1.86. The first kappa shape index (κ1) is 78.8. The number of para-hydroxylation sites is 2. The van der Waals surface area contributed by atoms with E-state index < -0.39 is 22.0 Å². The number of benzene rings is 6. The van der Waals surface area contributed by atoms with Crippen molar-refractivity contribution in [2.75, 3.05) is 88.1 Å². The molecule has 2 atom stereocenters. The van der Waals surface area contributed by atoms with Crippen LogP contribution in [0.1, 0.15) is 106 Å². The van der Waals surface area contributed by atoms with Gasteiger partial charge in [-0.2, -0.15) is 13.3 Å². The Morgan fingerprint density at radius 1 is 0.477 bits per heavy atom. The third kappa shape index (κ3) is 24.2. The Morgan fingerprint density at radius 3 is 1.00 bits per heavy atom. The number of nitrogens with zero attached hydrogens (tertiary/aromatic N) is 6. The van der Waals surface area contributed by atoms with Gasteiger partial charge in [-0.05, 0) is 128 Å². The molecule has 6 aromatic rings. The summed E-state index contributed by atoms with van der Waals surface area (Å²) in [7, 11) is 24.6. The maximum absolute atomic E-state index is 5.82. The molecule has 0 saturated carbocycles. The molecule has 0 N–H and O–H groups in total. The van der Waals surface area contributed by atoms with Crippen molar-refractivity contribution in [2.45, 2.75) is 135 Å². The van der Waals surface area contributed by atoms with Crippen molar-refractivity contribution in [1.82, 2.24) is 0 Å². The molecule has 2 unspecified atom stereocenters. The number of ether oxygens (including phenoxy) is 2. The monoisotopic (exact) mass is 1840 g/mol. The van der Waals surface area contributed by atoms with Crippen LogP contribution in [0.4, 0.5) is 22.7 Å². The van der Waals surface area contributed by atoms with Crippen LogP contribution in [0.5, 0.6) is 11.5 Å². The second-order valence-corrected chi connectivity index (χ2v) is 51.2. The molecule has 2 fully saturated rings. The topological polar surface area (TPSA) is 31.4 Å². The van der Waals surface area contributed by atoms with Gasteiger partial charge in [0.05, 0.1) is 67.5 Å². The summed E-state index contributed by atoms with van der Waals surface area (Å²) < 4.78 is 17.5. The largest absolute Gasteiger partial charge is 1.00 e. The zero-order valence-electron chi connectivity index (χ0n) is 55.2. The first-order valence-electron chi connectivity index (χ1n) is 29.0. The van der Waals surface area contributed by atoms with Gasteiger partial charge in [0.1, 0.15) is 0 Å². The molecule has 480 valence electrons. The Hall–Kier alpha value is -1.47. The zero-order valence-corrected chi connectivity index (χ0v) is 68.8. The van der Waals surface area contributed by atoms with Crippen LogP contribution in [-0.4, -0.2) is 111 Å². The third-order valence-corrected chi connectivity index (χ3v) is 19.6. The molecule has 8 nitrogen and oxygen atoms in total. The van der Waals surface area contributed by atoms with Gasteiger partial charge >= 0.3 is 211 Å². The number of rotatable bonds is 14. The second-order valence-electron chi connectivity index (χ2n) is 25.6. The maximum atomic E-state index is 5.82. The van der Waals surface area contributed by atoms with Crippen molar-refractivity contribution in [3.63, 3.8) is 0 Å². The van der Waals surface area contributed by atoms with Crippen LogP contribution >= 0.6 is 58.9 Å². The molecule has 86 heavy (non-hydrogen) atoms. The summed E-state index contributed by atoms with van der Waals surface area (Å²) in [6, 6.07) is 35.4. The van der Waals surface area contributed by atoms with Gasteiger partial charge in [-0.15, -0.1) is 0 Å². The van der Waals surface area contributed by atoms with Crippen LogP contribution in [0.3, 0.4) is 0 Å². The van der Waals surface area contributed by atoms with Crippen LogP contribution in [0.25, 0.3) is 0 Å². The number of quaternary nitrogens is 2. The van der Waals surface area contributed by atoms with Crippen molar-refractivity contribution >= 4 is 90.9 Å². The average molecular weight is 1840 g/mol. The molecule has 8 rings (SSSR count). The Morgan fingerprint density at radius 2 is 0.744 bits per heavy atom. The van der Waals surface area contributed by atoms with Crippen molar-refractivity contribution < 1.29 is 88.4 Å². The van der Waals surface area contributed by atoms with Gasteiger partial charge in [0.15, 0.2) is 0 Å². The van der Waals surface area contributed by atoms with E-state index in [0.717, 1.165) is 52.2 Å². The van der Waals surface area contributed by atoms with E-state index in [1.807, 2.05) is 54.9 Å².